The second kappa shape index (κ2) is 16.7. The van der Waals surface area contributed by atoms with Gasteiger partial charge in [0.25, 0.3) is 0 Å². The standard InChI is InChI=1S/C33H62N2O2/c1-6-7-8-9-10-11-12-13-14-15-16-17-18-19-20-21-22-23-24-28-25-30(36)35(31(28)37)29-26-32(2,3)34-33(4,5)27-29/h25,29,34,36-37H,6-24,26-27H2,1-5H3. The first-order valence-electron chi connectivity index (χ1n) is 16.1. The van der Waals surface area contributed by atoms with Crippen LogP contribution in [0.15, 0.2) is 6.07 Å². The third-order valence-electron chi connectivity index (χ3n) is 8.40. The SMILES string of the molecule is CCCCCCCCCCCCCCCCCCCCc1cc(O)n(C2CC(C)(C)NC(C)(C)C2)c1O. The average Bonchev–Trinajstić information content (AvgIpc) is 3.09. The molecule has 1 aromatic heterocycles. The van der Waals surface area contributed by atoms with Gasteiger partial charge in [0.15, 0.2) is 11.8 Å². The molecular formula is C33H62N2O2. The Balaban J connectivity index is 1.50. The number of unbranched alkanes of at least 4 members (excludes halogenated alkanes) is 17. The molecule has 0 atom stereocenters. The molecular weight excluding hydrogens is 456 g/mol. The molecule has 0 aliphatic carbocycles. The summed E-state index contributed by atoms with van der Waals surface area (Å²) in [5.41, 5.74) is 0.856. The molecule has 1 fully saturated rings. The Morgan fingerprint density at radius 1 is 0.676 bits per heavy atom. The highest BCUT2D eigenvalue weighted by Crippen LogP contribution is 2.42. The highest BCUT2D eigenvalue weighted by atomic mass is 16.3. The summed E-state index contributed by atoms with van der Waals surface area (Å²) in [6, 6.07) is 1.91. The topological polar surface area (TPSA) is 57.4 Å². The smallest absolute Gasteiger partial charge is 0.197 e. The third kappa shape index (κ3) is 12.5. The Bertz CT molecular complexity index is 721. The van der Waals surface area contributed by atoms with Crippen LogP contribution in [0.3, 0.4) is 0 Å². The quantitative estimate of drug-likeness (QED) is 0.150. The lowest BCUT2D eigenvalue weighted by atomic mass is 9.79. The summed E-state index contributed by atoms with van der Waals surface area (Å²) in [5, 5.41) is 25.3. The number of piperidine rings is 1. The molecule has 0 spiro atoms. The van der Waals surface area contributed by atoms with E-state index in [0.29, 0.717) is 0 Å². The molecule has 37 heavy (non-hydrogen) atoms. The number of aryl methyl sites for hydroxylation is 1. The number of hydrogen-bond donors (Lipinski definition) is 3. The molecule has 0 unspecified atom stereocenters. The van der Waals surface area contributed by atoms with E-state index in [2.05, 4.69) is 39.9 Å². The van der Waals surface area contributed by atoms with Gasteiger partial charge in [-0.2, -0.15) is 0 Å². The van der Waals surface area contributed by atoms with Gasteiger partial charge in [-0.25, -0.2) is 0 Å². The molecule has 2 rings (SSSR count). The molecule has 1 aromatic rings. The number of nitrogens with one attached hydrogen (secondary N) is 1. The van der Waals surface area contributed by atoms with Crippen LogP contribution in [0.2, 0.25) is 0 Å². The molecule has 3 N–H and O–H groups in total. The Kier molecular flexibility index (Phi) is 14.5. The van der Waals surface area contributed by atoms with Crippen molar-refractivity contribution >= 4 is 0 Å². The maximum absolute atomic E-state index is 10.9. The van der Waals surface area contributed by atoms with Gasteiger partial charge in [0.05, 0.1) is 0 Å². The largest absolute Gasteiger partial charge is 0.494 e. The van der Waals surface area contributed by atoms with E-state index in [9.17, 15) is 10.2 Å². The van der Waals surface area contributed by atoms with Crippen molar-refractivity contribution in [1.29, 1.82) is 0 Å². The molecule has 1 aliphatic rings. The van der Waals surface area contributed by atoms with E-state index in [4.69, 9.17) is 0 Å². The summed E-state index contributed by atoms with van der Waals surface area (Å²) in [5.74, 6) is 0.497. The molecule has 216 valence electrons. The number of aromatic nitrogens is 1. The van der Waals surface area contributed by atoms with E-state index in [1.807, 2.05) is 0 Å². The van der Waals surface area contributed by atoms with E-state index in [1.54, 1.807) is 10.6 Å². The van der Waals surface area contributed by atoms with Crippen molar-refractivity contribution in [1.82, 2.24) is 9.88 Å². The molecule has 4 nitrogen and oxygen atoms in total. The lowest BCUT2D eigenvalue weighted by molar-refractivity contribution is 0.123. The zero-order valence-electron chi connectivity index (χ0n) is 25.3. The van der Waals surface area contributed by atoms with Crippen molar-refractivity contribution < 1.29 is 10.2 Å². The normalized spacial score (nSPS) is 17.4. The molecule has 0 aromatic carbocycles. The van der Waals surface area contributed by atoms with Crippen LogP contribution in [0.4, 0.5) is 0 Å². The summed E-state index contributed by atoms with van der Waals surface area (Å²) in [6.45, 7) is 11.1. The van der Waals surface area contributed by atoms with E-state index >= 15 is 0 Å². The zero-order chi connectivity index (χ0) is 27.2. The van der Waals surface area contributed by atoms with Gasteiger partial charge >= 0.3 is 0 Å². The Hall–Kier alpha value is -1.16. The molecule has 0 amide bonds. The first-order chi connectivity index (χ1) is 17.7. The lowest BCUT2D eigenvalue weighted by Gasteiger charge is -2.47. The van der Waals surface area contributed by atoms with Crippen LogP contribution < -0.4 is 5.32 Å². The Morgan fingerprint density at radius 2 is 1.05 bits per heavy atom. The monoisotopic (exact) mass is 518 g/mol. The van der Waals surface area contributed by atoms with Crippen LogP contribution in [0.1, 0.15) is 175 Å². The maximum atomic E-state index is 10.9. The molecule has 1 aliphatic heterocycles. The number of hydrogen-bond acceptors (Lipinski definition) is 3. The van der Waals surface area contributed by atoms with Crippen molar-refractivity contribution in [2.24, 2.45) is 0 Å². The van der Waals surface area contributed by atoms with Crippen molar-refractivity contribution in [2.45, 2.75) is 187 Å². The van der Waals surface area contributed by atoms with E-state index in [0.717, 1.165) is 31.2 Å². The highest BCUT2D eigenvalue weighted by molar-refractivity contribution is 5.36. The highest BCUT2D eigenvalue weighted by Gasteiger charge is 2.40. The van der Waals surface area contributed by atoms with Crippen LogP contribution >= 0.6 is 0 Å². The first-order valence-corrected chi connectivity index (χ1v) is 16.1. The van der Waals surface area contributed by atoms with Crippen LogP contribution in [0.25, 0.3) is 0 Å². The van der Waals surface area contributed by atoms with Gasteiger partial charge in [-0.05, 0) is 53.4 Å². The maximum Gasteiger partial charge on any atom is 0.197 e. The van der Waals surface area contributed by atoms with Crippen LogP contribution in [0, 0.1) is 0 Å². The van der Waals surface area contributed by atoms with Crippen LogP contribution in [-0.4, -0.2) is 25.9 Å². The van der Waals surface area contributed by atoms with Crippen LogP contribution in [0.5, 0.6) is 11.8 Å². The zero-order valence-corrected chi connectivity index (χ0v) is 25.3. The van der Waals surface area contributed by atoms with Crippen molar-refractivity contribution in [3.05, 3.63) is 11.6 Å². The summed E-state index contributed by atoms with van der Waals surface area (Å²) in [7, 11) is 0. The second-order valence-corrected chi connectivity index (χ2v) is 13.4. The summed E-state index contributed by atoms with van der Waals surface area (Å²) in [4.78, 5) is 0. The molecule has 4 heteroatoms. The van der Waals surface area contributed by atoms with Gasteiger partial charge in [-0.15, -0.1) is 0 Å². The van der Waals surface area contributed by atoms with E-state index in [-0.39, 0.29) is 28.9 Å². The Labute approximate surface area is 230 Å². The minimum absolute atomic E-state index is 0.0248. The first kappa shape index (κ1) is 32.1. The van der Waals surface area contributed by atoms with Gasteiger partial charge in [0.1, 0.15) is 0 Å². The number of aromatic hydroxyl groups is 2. The number of rotatable bonds is 20. The fraction of sp³-hybridized carbons (Fsp3) is 0.879. The lowest BCUT2D eigenvalue weighted by Crippen LogP contribution is -2.57. The predicted octanol–water partition coefficient (Wildman–Crippen LogP) is 9.97. The van der Waals surface area contributed by atoms with Gasteiger partial charge in [0, 0.05) is 28.7 Å². The summed E-state index contributed by atoms with van der Waals surface area (Å²) in [6.07, 6.45) is 27.4. The summed E-state index contributed by atoms with van der Waals surface area (Å²) < 4.78 is 1.79. The van der Waals surface area contributed by atoms with Gasteiger partial charge in [-0.3, -0.25) is 4.57 Å². The molecule has 1 saturated heterocycles. The number of nitrogens with zero attached hydrogens (tertiary/aromatic N) is 1. The fourth-order valence-electron chi connectivity index (χ4n) is 6.77. The Morgan fingerprint density at radius 3 is 1.46 bits per heavy atom. The van der Waals surface area contributed by atoms with Crippen molar-refractivity contribution in [3.63, 3.8) is 0 Å². The minimum Gasteiger partial charge on any atom is -0.494 e. The molecule has 0 bridgehead atoms. The van der Waals surface area contributed by atoms with E-state index in [1.165, 1.54) is 109 Å². The predicted molar refractivity (Wildman–Crippen MR) is 160 cm³/mol. The van der Waals surface area contributed by atoms with Gasteiger partial charge in [0.2, 0.25) is 0 Å². The fourth-order valence-corrected chi connectivity index (χ4v) is 6.77. The minimum atomic E-state index is -0.0248. The van der Waals surface area contributed by atoms with Gasteiger partial charge < -0.3 is 15.5 Å². The third-order valence-corrected chi connectivity index (χ3v) is 8.40. The van der Waals surface area contributed by atoms with Crippen LogP contribution in [-0.2, 0) is 6.42 Å². The van der Waals surface area contributed by atoms with Crippen molar-refractivity contribution in [3.8, 4) is 11.8 Å². The summed E-state index contributed by atoms with van der Waals surface area (Å²) >= 11 is 0. The van der Waals surface area contributed by atoms with Crippen molar-refractivity contribution in [2.75, 3.05) is 0 Å². The molecule has 2 heterocycles. The molecule has 0 saturated carbocycles. The van der Waals surface area contributed by atoms with E-state index < -0.39 is 0 Å². The molecule has 0 radical (unpaired) electrons. The van der Waals surface area contributed by atoms with Gasteiger partial charge in [-0.1, -0.05) is 116 Å². The average molecular weight is 519 g/mol. The second-order valence-electron chi connectivity index (χ2n) is 13.4.